The zero-order chi connectivity index (χ0) is 25.1. The van der Waals surface area contributed by atoms with Crippen LogP contribution in [0.25, 0.3) is 10.9 Å². The van der Waals surface area contributed by atoms with Crippen LogP contribution in [0.5, 0.6) is 5.75 Å². The third-order valence-electron chi connectivity index (χ3n) is 6.60. The van der Waals surface area contributed by atoms with Gasteiger partial charge in [0.15, 0.2) is 5.60 Å². The number of rotatable bonds is 3. The summed E-state index contributed by atoms with van der Waals surface area (Å²) in [5, 5.41) is 35.0. The van der Waals surface area contributed by atoms with Gasteiger partial charge < -0.3 is 15.5 Å². The van der Waals surface area contributed by atoms with Crippen molar-refractivity contribution in [1.29, 1.82) is 5.26 Å². The summed E-state index contributed by atoms with van der Waals surface area (Å²) in [6, 6.07) is 6.73. The van der Waals surface area contributed by atoms with E-state index in [1.807, 2.05) is 13.0 Å². The molecule has 1 aliphatic carbocycles. The van der Waals surface area contributed by atoms with Crippen molar-refractivity contribution < 1.29 is 23.4 Å². The zero-order valence-electron chi connectivity index (χ0n) is 19.2. The van der Waals surface area contributed by atoms with Gasteiger partial charge in [-0.1, -0.05) is 32.9 Å². The van der Waals surface area contributed by atoms with Gasteiger partial charge in [0.2, 0.25) is 0 Å². The Balaban J connectivity index is 1.98. The molecule has 2 atom stereocenters. The molecule has 1 aliphatic rings. The number of nitriles is 1. The molecule has 3 N–H and O–H groups in total. The van der Waals surface area contributed by atoms with Gasteiger partial charge in [0, 0.05) is 29.3 Å². The predicted molar refractivity (Wildman–Crippen MR) is 121 cm³/mol. The molecule has 0 bridgehead atoms. The van der Waals surface area contributed by atoms with Crippen LogP contribution in [0.2, 0.25) is 0 Å². The lowest BCUT2D eigenvalue weighted by Crippen LogP contribution is -2.58. The molecule has 0 radical (unpaired) electrons. The third kappa shape index (κ3) is 3.53. The molecular formula is C25H25F3N4O2. The summed E-state index contributed by atoms with van der Waals surface area (Å²) >= 11 is 0. The summed E-state index contributed by atoms with van der Waals surface area (Å²) in [6.45, 7) is 6.49. The van der Waals surface area contributed by atoms with Crippen LogP contribution in [0.15, 0.2) is 30.5 Å². The van der Waals surface area contributed by atoms with Gasteiger partial charge in [0.25, 0.3) is 0 Å². The van der Waals surface area contributed by atoms with Crippen LogP contribution in [0, 0.1) is 18.3 Å². The molecule has 0 fully saturated rings. The summed E-state index contributed by atoms with van der Waals surface area (Å²) in [7, 11) is 0. The van der Waals surface area contributed by atoms with Crippen molar-refractivity contribution in [3.8, 4) is 11.8 Å². The number of anilines is 1. The van der Waals surface area contributed by atoms with E-state index in [9.17, 15) is 28.6 Å². The quantitative estimate of drug-likeness (QED) is 0.486. The zero-order valence-corrected chi connectivity index (χ0v) is 19.2. The first kappa shape index (κ1) is 23.8. The average molecular weight is 470 g/mol. The molecule has 9 heteroatoms. The fraction of sp³-hybridized carbons (Fsp3) is 0.400. The number of fused-ring (bicyclic) bond motifs is 2. The molecule has 2 unspecified atom stereocenters. The van der Waals surface area contributed by atoms with Crippen LogP contribution >= 0.6 is 0 Å². The minimum atomic E-state index is -4.98. The summed E-state index contributed by atoms with van der Waals surface area (Å²) < 4.78 is 43.3. The summed E-state index contributed by atoms with van der Waals surface area (Å²) in [6.07, 6.45) is -3.54. The van der Waals surface area contributed by atoms with Crippen molar-refractivity contribution >= 4 is 16.6 Å². The number of aromatic hydroxyl groups is 1. The van der Waals surface area contributed by atoms with Gasteiger partial charge in [-0.2, -0.15) is 18.4 Å². The Morgan fingerprint density at radius 3 is 2.62 bits per heavy atom. The van der Waals surface area contributed by atoms with E-state index < -0.39 is 29.7 Å². The van der Waals surface area contributed by atoms with Gasteiger partial charge in [-0.3, -0.25) is 0 Å². The fourth-order valence-electron chi connectivity index (χ4n) is 5.03. The highest BCUT2D eigenvalue weighted by Crippen LogP contribution is 2.57. The second-order valence-electron chi connectivity index (χ2n) is 9.43. The Morgan fingerprint density at radius 1 is 1.29 bits per heavy atom. The van der Waals surface area contributed by atoms with E-state index in [0.29, 0.717) is 34.4 Å². The lowest BCUT2D eigenvalue weighted by Gasteiger charge is -2.49. The molecule has 178 valence electrons. The molecule has 0 amide bonds. The largest absolute Gasteiger partial charge is 0.506 e. The molecule has 0 saturated heterocycles. The number of aromatic nitrogens is 2. The Morgan fingerprint density at radius 2 is 2.00 bits per heavy atom. The molecule has 34 heavy (non-hydrogen) atoms. The number of nitrogens with one attached hydrogen (secondary N) is 1. The molecular weight excluding hydrogens is 445 g/mol. The van der Waals surface area contributed by atoms with E-state index in [1.165, 1.54) is 19.9 Å². The number of hydrogen-bond donors (Lipinski definition) is 3. The van der Waals surface area contributed by atoms with E-state index in [4.69, 9.17) is 0 Å². The second kappa shape index (κ2) is 7.84. The van der Waals surface area contributed by atoms with Gasteiger partial charge in [0.1, 0.15) is 17.6 Å². The van der Waals surface area contributed by atoms with Crippen LogP contribution in [-0.4, -0.2) is 32.0 Å². The number of alkyl halides is 3. The first-order valence-electron chi connectivity index (χ1n) is 10.9. The van der Waals surface area contributed by atoms with Crippen LogP contribution in [0.4, 0.5) is 18.9 Å². The highest BCUT2D eigenvalue weighted by Gasteiger charge is 2.64. The molecule has 4 rings (SSSR count). The molecule has 1 aromatic heterocycles. The maximum absolute atomic E-state index is 14.4. The first-order chi connectivity index (χ1) is 15.8. The number of phenolic OH excluding ortho intramolecular Hbond substituents is 1. The molecule has 0 aliphatic heterocycles. The van der Waals surface area contributed by atoms with E-state index >= 15 is 0 Å². The molecule has 0 spiro atoms. The van der Waals surface area contributed by atoms with E-state index in [2.05, 4.69) is 15.3 Å². The fourth-order valence-corrected chi connectivity index (χ4v) is 5.03. The Labute approximate surface area is 195 Å². The van der Waals surface area contributed by atoms with Gasteiger partial charge in [-0.15, -0.1) is 0 Å². The number of halogens is 3. The van der Waals surface area contributed by atoms with Crippen molar-refractivity contribution in [2.75, 3.05) is 5.32 Å². The molecule has 3 aromatic rings. The maximum Gasteiger partial charge on any atom is 0.419 e. The van der Waals surface area contributed by atoms with Crippen molar-refractivity contribution in [2.24, 2.45) is 0 Å². The lowest BCUT2D eigenvalue weighted by molar-refractivity contribution is -0.275. The van der Waals surface area contributed by atoms with Crippen LogP contribution in [0.3, 0.4) is 0 Å². The number of benzene rings is 2. The standard InChI is InChI=1S/C25H25F3N4O2/c1-5-19-30-11-16-17(31-19)7-6-8-18(16)32-22-14-9-13(2)15(10-29)21(33)20(14)23(3,4)12-24(22,34)25(26,27)28/h6-9,11,22,32-34H,5,12H2,1-4H3. The van der Waals surface area contributed by atoms with Crippen molar-refractivity contribution in [1.82, 2.24) is 9.97 Å². The molecule has 6 nitrogen and oxygen atoms in total. The van der Waals surface area contributed by atoms with E-state index in [0.717, 1.165) is 0 Å². The summed E-state index contributed by atoms with van der Waals surface area (Å²) in [5.41, 5.74) is -2.90. The monoisotopic (exact) mass is 470 g/mol. The predicted octanol–water partition coefficient (Wildman–Crippen LogP) is 5.21. The molecule has 1 heterocycles. The second-order valence-corrected chi connectivity index (χ2v) is 9.43. The van der Waals surface area contributed by atoms with Crippen LogP contribution < -0.4 is 5.32 Å². The van der Waals surface area contributed by atoms with E-state index in [1.54, 1.807) is 31.3 Å². The highest BCUT2D eigenvalue weighted by molar-refractivity contribution is 5.91. The van der Waals surface area contributed by atoms with Gasteiger partial charge in [-0.25, -0.2) is 9.97 Å². The van der Waals surface area contributed by atoms with Gasteiger partial charge in [0.05, 0.1) is 17.1 Å². The number of hydrogen-bond acceptors (Lipinski definition) is 6. The molecule has 2 aromatic carbocycles. The van der Waals surface area contributed by atoms with Crippen LogP contribution in [-0.2, 0) is 11.8 Å². The number of aryl methyl sites for hydroxylation is 2. The normalized spacial score (nSPS) is 21.7. The Kier molecular flexibility index (Phi) is 5.48. The van der Waals surface area contributed by atoms with Crippen molar-refractivity contribution in [3.63, 3.8) is 0 Å². The minimum Gasteiger partial charge on any atom is -0.506 e. The molecule has 0 saturated carbocycles. The Hall–Kier alpha value is -3.38. The number of aliphatic hydroxyl groups is 1. The maximum atomic E-state index is 14.4. The SMILES string of the molecule is CCc1ncc2c(NC3c4cc(C)c(C#N)c(O)c4C(C)(C)CC3(O)C(F)(F)F)cccc2n1. The number of phenols is 1. The summed E-state index contributed by atoms with van der Waals surface area (Å²) in [5.74, 6) is 0.248. The van der Waals surface area contributed by atoms with Crippen molar-refractivity contribution in [3.05, 3.63) is 58.5 Å². The third-order valence-corrected chi connectivity index (χ3v) is 6.60. The summed E-state index contributed by atoms with van der Waals surface area (Å²) in [4.78, 5) is 8.71. The lowest BCUT2D eigenvalue weighted by atomic mass is 9.62. The van der Waals surface area contributed by atoms with Crippen molar-refractivity contribution in [2.45, 2.75) is 63.8 Å². The van der Waals surface area contributed by atoms with E-state index in [-0.39, 0.29) is 22.4 Å². The average Bonchev–Trinajstić information content (AvgIpc) is 2.74. The minimum absolute atomic E-state index is 0.00804. The smallest absolute Gasteiger partial charge is 0.419 e. The van der Waals surface area contributed by atoms with Gasteiger partial charge in [-0.05, 0) is 42.0 Å². The highest BCUT2D eigenvalue weighted by atomic mass is 19.4. The first-order valence-corrected chi connectivity index (χ1v) is 10.9. The number of nitrogens with zero attached hydrogens (tertiary/aromatic N) is 3. The topological polar surface area (TPSA) is 102 Å². The van der Waals surface area contributed by atoms with Crippen LogP contribution in [0.1, 0.15) is 61.3 Å². The Bertz CT molecular complexity index is 1330. The van der Waals surface area contributed by atoms with Gasteiger partial charge >= 0.3 is 6.18 Å².